The van der Waals surface area contributed by atoms with Crippen molar-refractivity contribution < 1.29 is 19.1 Å². The monoisotopic (exact) mass is 710 g/mol. The van der Waals surface area contributed by atoms with Crippen molar-refractivity contribution in [1.82, 2.24) is 10.3 Å². The topological polar surface area (TPSA) is 109 Å². The minimum Gasteiger partial charge on any atom is -0.489 e. The third kappa shape index (κ3) is 10.3. The third-order valence-corrected chi connectivity index (χ3v) is 9.32. The van der Waals surface area contributed by atoms with Crippen molar-refractivity contribution in [2.75, 3.05) is 16.4 Å². The van der Waals surface area contributed by atoms with Crippen LogP contribution < -0.4 is 20.7 Å². The molecule has 0 bridgehead atoms. The van der Waals surface area contributed by atoms with Crippen LogP contribution in [0.3, 0.4) is 0 Å². The Morgan fingerprint density at radius 2 is 1.47 bits per heavy atom. The quantitative estimate of drug-likeness (QED) is 0.0817. The molecule has 5 aromatic carbocycles. The lowest BCUT2D eigenvalue weighted by Crippen LogP contribution is -2.30. The van der Waals surface area contributed by atoms with Crippen molar-refractivity contribution in [3.8, 4) is 17.0 Å². The van der Waals surface area contributed by atoms with Gasteiger partial charge in [0.15, 0.2) is 5.13 Å². The van der Waals surface area contributed by atoms with Crippen molar-refractivity contribution in [2.45, 2.75) is 18.4 Å². The number of thioether (sulfide) groups is 1. The lowest BCUT2D eigenvalue weighted by Gasteiger charge is -2.12. The smallest absolute Gasteiger partial charge is 0.272 e. The van der Waals surface area contributed by atoms with E-state index in [-0.39, 0.29) is 17.4 Å². The number of thiazole rings is 1. The summed E-state index contributed by atoms with van der Waals surface area (Å²) in [6, 6.07) is 41.1. The van der Waals surface area contributed by atoms with Crippen molar-refractivity contribution in [1.29, 1.82) is 0 Å². The molecule has 6 rings (SSSR count). The normalized spacial score (nSPS) is 11.0. The predicted octanol–water partition coefficient (Wildman–Crippen LogP) is 8.84. The zero-order valence-electron chi connectivity index (χ0n) is 27.7. The Labute approximate surface area is 304 Å². The molecule has 10 heteroatoms. The number of nitrogens with zero attached hydrogens (tertiary/aromatic N) is 1. The Balaban J connectivity index is 1.06. The van der Waals surface area contributed by atoms with Crippen molar-refractivity contribution >= 4 is 57.7 Å². The molecule has 51 heavy (non-hydrogen) atoms. The molecule has 3 N–H and O–H groups in total. The van der Waals surface area contributed by atoms with E-state index in [1.54, 1.807) is 42.5 Å². The minimum atomic E-state index is -0.489. The van der Waals surface area contributed by atoms with Crippen LogP contribution in [0.25, 0.3) is 17.3 Å². The van der Waals surface area contributed by atoms with E-state index in [1.165, 1.54) is 28.7 Å². The van der Waals surface area contributed by atoms with E-state index in [2.05, 4.69) is 20.9 Å². The Kier molecular flexibility index (Phi) is 11.7. The predicted molar refractivity (Wildman–Crippen MR) is 206 cm³/mol. The Hall–Kier alpha value is -5.97. The van der Waals surface area contributed by atoms with Crippen LogP contribution in [0.2, 0.25) is 0 Å². The number of aromatic nitrogens is 1. The second kappa shape index (κ2) is 17.1. The van der Waals surface area contributed by atoms with E-state index in [0.29, 0.717) is 34.3 Å². The first-order valence-corrected chi connectivity index (χ1v) is 18.0. The molecular formula is C41H34N4O4S2. The highest BCUT2D eigenvalue weighted by Crippen LogP contribution is 2.26. The molecular weight excluding hydrogens is 677 g/mol. The zero-order chi connectivity index (χ0) is 35.4. The molecule has 0 saturated carbocycles. The van der Waals surface area contributed by atoms with Gasteiger partial charge in [-0.1, -0.05) is 90.5 Å². The molecule has 0 radical (unpaired) electrons. The van der Waals surface area contributed by atoms with Gasteiger partial charge in [0, 0.05) is 27.1 Å². The second-order valence-corrected chi connectivity index (χ2v) is 13.3. The van der Waals surface area contributed by atoms with Gasteiger partial charge in [0.05, 0.1) is 11.4 Å². The number of nitrogens with one attached hydrogen (secondary N) is 3. The highest BCUT2D eigenvalue weighted by atomic mass is 32.2. The average Bonchev–Trinajstić information content (AvgIpc) is 3.63. The average molecular weight is 711 g/mol. The molecule has 1 aromatic heterocycles. The summed E-state index contributed by atoms with van der Waals surface area (Å²) >= 11 is 2.75. The molecule has 0 fully saturated rings. The summed E-state index contributed by atoms with van der Waals surface area (Å²) in [7, 11) is 0. The van der Waals surface area contributed by atoms with Crippen molar-refractivity contribution in [3.63, 3.8) is 0 Å². The second-order valence-electron chi connectivity index (χ2n) is 11.4. The minimum absolute atomic E-state index is 0.0738. The molecule has 254 valence electrons. The molecule has 0 aliphatic heterocycles. The van der Waals surface area contributed by atoms with Crippen LogP contribution in [-0.4, -0.2) is 28.5 Å². The highest BCUT2D eigenvalue weighted by molar-refractivity contribution is 8.00. The van der Waals surface area contributed by atoms with Crippen LogP contribution >= 0.6 is 23.1 Å². The van der Waals surface area contributed by atoms with Crippen LogP contribution in [0.1, 0.15) is 27.0 Å². The molecule has 8 nitrogen and oxygen atoms in total. The van der Waals surface area contributed by atoms with Crippen LogP contribution in [0.15, 0.2) is 149 Å². The number of amides is 3. The number of benzene rings is 5. The number of rotatable bonds is 13. The molecule has 0 aliphatic carbocycles. The fraction of sp³-hybridized carbons (Fsp3) is 0.0732. The van der Waals surface area contributed by atoms with Crippen molar-refractivity contribution in [3.05, 3.63) is 167 Å². The first kappa shape index (κ1) is 34.9. The number of aryl methyl sites for hydroxylation is 1. The summed E-state index contributed by atoms with van der Waals surface area (Å²) in [4.78, 5) is 44.6. The SMILES string of the molecule is Cc1ccc(-c2csc(NC(=O)CSc3ccc(NC(=O)/C(=C/c4ccc(OCc5ccccc5)cc4)NC(=O)c4ccccc4)cc3)n2)cc1. The lowest BCUT2D eigenvalue weighted by molar-refractivity contribution is -0.114. The van der Waals surface area contributed by atoms with Gasteiger partial charge >= 0.3 is 0 Å². The van der Waals surface area contributed by atoms with Gasteiger partial charge in [-0.2, -0.15) is 0 Å². The molecule has 1 heterocycles. The van der Waals surface area contributed by atoms with E-state index in [9.17, 15) is 14.4 Å². The van der Waals surface area contributed by atoms with Crippen LogP contribution in [0, 0.1) is 6.92 Å². The maximum absolute atomic E-state index is 13.5. The molecule has 0 unspecified atom stereocenters. The standard InChI is InChI=1S/C41H34N4O4S2/c1-28-12-16-31(17-13-28)37-26-51-41(44-37)45-38(46)27-50-35-22-18-33(19-23-35)42-40(48)36(43-39(47)32-10-6-3-7-11-32)24-29-14-20-34(21-15-29)49-25-30-8-4-2-5-9-30/h2-24,26H,25,27H2,1H3,(H,42,48)(H,43,47)(H,44,45,46)/b36-24-. The van der Waals surface area contributed by atoms with Gasteiger partial charge in [-0.15, -0.1) is 23.1 Å². The van der Waals surface area contributed by atoms with Gasteiger partial charge in [0.2, 0.25) is 5.91 Å². The fourth-order valence-electron chi connectivity index (χ4n) is 4.84. The molecule has 3 amide bonds. The van der Waals surface area contributed by atoms with Crippen LogP contribution in [-0.2, 0) is 16.2 Å². The first-order valence-electron chi connectivity index (χ1n) is 16.1. The number of anilines is 2. The van der Waals surface area contributed by atoms with Crippen LogP contribution in [0.4, 0.5) is 10.8 Å². The summed E-state index contributed by atoms with van der Waals surface area (Å²) in [5, 5.41) is 11.0. The van der Waals surface area contributed by atoms with Gasteiger partial charge in [0.25, 0.3) is 11.8 Å². The molecule has 0 atom stereocenters. The maximum Gasteiger partial charge on any atom is 0.272 e. The Bertz CT molecular complexity index is 2120. The fourth-order valence-corrected chi connectivity index (χ4v) is 6.27. The van der Waals surface area contributed by atoms with Crippen LogP contribution in [0.5, 0.6) is 5.75 Å². The zero-order valence-corrected chi connectivity index (χ0v) is 29.3. The largest absolute Gasteiger partial charge is 0.489 e. The molecule has 0 saturated heterocycles. The lowest BCUT2D eigenvalue weighted by atomic mass is 10.1. The Morgan fingerprint density at radius 1 is 0.784 bits per heavy atom. The number of ether oxygens (including phenoxy) is 1. The van der Waals surface area contributed by atoms with E-state index in [4.69, 9.17) is 4.74 Å². The summed E-state index contributed by atoms with van der Waals surface area (Å²) in [5.74, 6) is -0.186. The highest BCUT2D eigenvalue weighted by Gasteiger charge is 2.16. The molecule has 0 spiro atoms. The van der Waals surface area contributed by atoms with Gasteiger partial charge in [-0.3, -0.25) is 14.4 Å². The number of hydrogen-bond donors (Lipinski definition) is 3. The van der Waals surface area contributed by atoms with Gasteiger partial charge in [-0.05, 0) is 72.7 Å². The van der Waals surface area contributed by atoms with Crippen molar-refractivity contribution in [2.24, 2.45) is 0 Å². The number of carbonyl (C=O) groups excluding carboxylic acids is 3. The molecule has 0 aliphatic rings. The summed E-state index contributed by atoms with van der Waals surface area (Å²) < 4.78 is 5.89. The Morgan fingerprint density at radius 3 is 2.18 bits per heavy atom. The summed E-state index contributed by atoms with van der Waals surface area (Å²) in [6.07, 6.45) is 1.62. The van der Waals surface area contributed by atoms with Gasteiger partial charge < -0.3 is 20.7 Å². The third-order valence-electron chi connectivity index (χ3n) is 7.55. The molecule has 6 aromatic rings. The van der Waals surface area contributed by atoms with Gasteiger partial charge in [0.1, 0.15) is 18.1 Å². The van der Waals surface area contributed by atoms with E-state index in [1.807, 2.05) is 109 Å². The van der Waals surface area contributed by atoms with E-state index >= 15 is 0 Å². The maximum atomic E-state index is 13.5. The number of carbonyl (C=O) groups is 3. The van der Waals surface area contributed by atoms with E-state index < -0.39 is 11.8 Å². The van der Waals surface area contributed by atoms with E-state index in [0.717, 1.165) is 21.7 Å². The number of hydrogen-bond acceptors (Lipinski definition) is 7. The summed E-state index contributed by atoms with van der Waals surface area (Å²) in [6.45, 7) is 2.47. The summed E-state index contributed by atoms with van der Waals surface area (Å²) in [5.41, 5.74) is 5.78. The first-order chi connectivity index (χ1) is 24.9. The van der Waals surface area contributed by atoms with Gasteiger partial charge in [-0.25, -0.2) is 4.98 Å².